The molecule has 2 atom stereocenters. The van der Waals surface area contributed by atoms with Crippen LogP contribution in [0.15, 0.2) is 11.4 Å². The van der Waals surface area contributed by atoms with Crippen LogP contribution in [0, 0.1) is 6.92 Å². The molecule has 0 radical (unpaired) electrons. The van der Waals surface area contributed by atoms with E-state index >= 15 is 0 Å². The first-order chi connectivity index (χ1) is 11.5. The van der Waals surface area contributed by atoms with Gasteiger partial charge in [0.2, 0.25) is 0 Å². The van der Waals surface area contributed by atoms with Gasteiger partial charge in [0.15, 0.2) is 0 Å². The van der Waals surface area contributed by atoms with Gasteiger partial charge >= 0.3 is 6.03 Å². The highest BCUT2D eigenvalue weighted by molar-refractivity contribution is 7.10. The van der Waals surface area contributed by atoms with Crippen molar-refractivity contribution in [2.45, 2.75) is 50.9 Å². The number of hydrogen-bond acceptors (Lipinski definition) is 4. The number of rotatable bonds is 4. The molecule has 2 saturated heterocycles. The summed E-state index contributed by atoms with van der Waals surface area (Å²) in [5.74, 6) is 0. The highest BCUT2D eigenvalue weighted by Crippen LogP contribution is 2.37. The zero-order valence-corrected chi connectivity index (χ0v) is 15.8. The minimum atomic E-state index is -0.0422. The number of ether oxygens (including phenoxy) is 1. The summed E-state index contributed by atoms with van der Waals surface area (Å²) in [5, 5.41) is 5.14. The molecule has 134 valence electrons. The van der Waals surface area contributed by atoms with Crippen LogP contribution in [-0.2, 0) is 11.3 Å². The Hall–Kier alpha value is -1.11. The molecule has 1 aromatic heterocycles. The van der Waals surface area contributed by atoms with Gasteiger partial charge in [-0.2, -0.15) is 0 Å². The molecule has 1 spiro atoms. The van der Waals surface area contributed by atoms with Crippen molar-refractivity contribution >= 4 is 17.4 Å². The van der Waals surface area contributed by atoms with Crippen LogP contribution in [0.3, 0.4) is 0 Å². The molecule has 24 heavy (non-hydrogen) atoms. The number of urea groups is 1. The highest BCUT2D eigenvalue weighted by Gasteiger charge is 2.43. The molecule has 6 heteroatoms. The van der Waals surface area contributed by atoms with E-state index in [4.69, 9.17) is 4.74 Å². The second-order valence-corrected chi connectivity index (χ2v) is 8.38. The van der Waals surface area contributed by atoms with Gasteiger partial charge in [-0.25, -0.2) is 4.79 Å². The Balaban J connectivity index is 1.52. The number of carbonyl (C=O) groups is 1. The van der Waals surface area contributed by atoms with E-state index in [1.807, 2.05) is 11.3 Å². The fourth-order valence-corrected chi connectivity index (χ4v) is 4.71. The number of thiophene rings is 1. The number of aryl methyl sites for hydroxylation is 1. The van der Waals surface area contributed by atoms with Gasteiger partial charge in [-0.3, -0.25) is 4.90 Å². The lowest BCUT2D eigenvalue weighted by molar-refractivity contribution is -0.118. The Morgan fingerprint density at radius 1 is 1.50 bits per heavy atom. The molecule has 3 heterocycles. The first kappa shape index (κ1) is 17.7. The van der Waals surface area contributed by atoms with Crippen molar-refractivity contribution in [1.82, 2.24) is 15.1 Å². The van der Waals surface area contributed by atoms with E-state index < -0.39 is 0 Å². The van der Waals surface area contributed by atoms with Gasteiger partial charge in [-0.05, 0) is 49.6 Å². The molecule has 0 aromatic carbocycles. The first-order valence-corrected chi connectivity index (χ1v) is 9.74. The molecule has 0 bridgehead atoms. The van der Waals surface area contributed by atoms with Crippen molar-refractivity contribution < 1.29 is 9.53 Å². The highest BCUT2D eigenvalue weighted by atomic mass is 32.1. The monoisotopic (exact) mass is 351 g/mol. The SMILES string of the molecule is Cc1ccsc1CN1CC[C@]2(CCC[C@@H](CNC(=O)N(C)C)O2)C1. The maximum atomic E-state index is 11.7. The zero-order valence-electron chi connectivity index (χ0n) is 15.0. The van der Waals surface area contributed by atoms with E-state index in [-0.39, 0.29) is 17.7 Å². The number of carbonyl (C=O) groups excluding carboxylic acids is 1. The van der Waals surface area contributed by atoms with Crippen molar-refractivity contribution in [3.63, 3.8) is 0 Å². The van der Waals surface area contributed by atoms with Gasteiger partial charge in [-0.1, -0.05) is 0 Å². The van der Waals surface area contributed by atoms with Crippen LogP contribution in [0.2, 0.25) is 0 Å². The fraction of sp³-hybridized carbons (Fsp3) is 0.722. The van der Waals surface area contributed by atoms with Crippen LogP contribution >= 0.6 is 11.3 Å². The average molecular weight is 352 g/mol. The molecule has 2 aliphatic rings. The maximum Gasteiger partial charge on any atom is 0.316 e. The molecule has 1 N–H and O–H groups in total. The predicted octanol–water partition coefficient (Wildman–Crippen LogP) is 2.84. The number of nitrogens with zero attached hydrogens (tertiary/aromatic N) is 2. The summed E-state index contributed by atoms with van der Waals surface area (Å²) in [5.41, 5.74) is 1.39. The molecule has 2 amide bonds. The van der Waals surface area contributed by atoms with E-state index in [1.165, 1.54) is 16.9 Å². The van der Waals surface area contributed by atoms with Gasteiger partial charge in [0.05, 0.1) is 11.7 Å². The van der Waals surface area contributed by atoms with Crippen LogP contribution in [0.25, 0.3) is 0 Å². The minimum Gasteiger partial charge on any atom is -0.369 e. The third-order valence-corrected chi connectivity index (χ3v) is 6.20. The lowest BCUT2D eigenvalue weighted by Gasteiger charge is -2.39. The lowest BCUT2D eigenvalue weighted by Crippen LogP contribution is -2.48. The zero-order chi connectivity index (χ0) is 17.2. The molecular formula is C18H29N3O2S. The van der Waals surface area contributed by atoms with Crippen molar-refractivity contribution in [2.75, 3.05) is 33.7 Å². The van der Waals surface area contributed by atoms with Crippen molar-refractivity contribution in [1.29, 1.82) is 0 Å². The van der Waals surface area contributed by atoms with Gasteiger partial charge in [0, 0.05) is 45.2 Å². The van der Waals surface area contributed by atoms with E-state index in [2.05, 4.69) is 28.6 Å². The van der Waals surface area contributed by atoms with Crippen LogP contribution < -0.4 is 5.32 Å². The predicted molar refractivity (Wildman–Crippen MR) is 97.5 cm³/mol. The number of amides is 2. The molecule has 0 unspecified atom stereocenters. The van der Waals surface area contributed by atoms with E-state index in [1.54, 1.807) is 19.0 Å². The Morgan fingerprint density at radius 3 is 3.04 bits per heavy atom. The summed E-state index contributed by atoms with van der Waals surface area (Å²) < 4.78 is 6.47. The Bertz CT molecular complexity index is 574. The third kappa shape index (κ3) is 4.10. The smallest absolute Gasteiger partial charge is 0.316 e. The van der Waals surface area contributed by atoms with Gasteiger partial charge in [-0.15, -0.1) is 11.3 Å². The lowest BCUT2D eigenvalue weighted by atomic mass is 9.90. The standard InChI is InChI=1S/C18H29N3O2S/c1-14-6-10-24-16(14)12-21-9-8-18(13-21)7-4-5-15(23-18)11-19-17(22)20(2)3/h6,10,15H,4-5,7-9,11-13H2,1-3H3,(H,19,22)/t15-,18+/m0/s1. The van der Waals surface area contributed by atoms with Crippen LogP contribution in [-0.4, -0.2) is 61.3 Å². The van der Waals surface area contributed by atoms with Crippen molar-refractivity contribution in [3.8, 4) is 0 Å². The largest absolute Gasteiger partial charge is 0.369 e. The molecule has 0 saturated carbocycles. The summed E-state index contributed by atoms with van der Waals surface area (Å²) in [4.78, 5) is 17.3. The number of nitrogens with one attached hydrogen (secondary N) is 1. The topological polar surface area (TPSA) is 44.8 Å². The molecule has 2 aliphatic heterocycles. The summed E-state index contributed by atoms with van der Waals surface area (Å²) in [7, 11) is 3.53. The van der Waals surface area contributed by atoms with Gasteiger partial charge in [0.1, 0.15) is 0 Å². The molecule has 1 aromatic rings. The summed E-state index contributed by atoms with van der Waals surface area (Å²) >= 11 is 1.85. The quantitative estimate of drug-likeness (QED) is 0.907. The molecular weight excluding hydrogens is 322 g/mol. The Kier molecular flexibility index (Phi) is 5.47. The minimum absolute atomic E-state index is 0.00305. The molecule has 5 nitrogen and oxygen atoms in total. The van der Waals surface area contributed by atoms with E-state index in [0.29, 0.717) is 6.54 Å². The van der Waals surface area contributed by atoms with Gasteiger partial charge in [0.25, 0.3) is 0 Å². The fourth-order valence-electron chi connectivity index (χ4n) is 3.76. The number of likely N-dealkylation sites (tertiary alicyclic amines) is 1. The van der Waals surface area contributed by atoms with E-state index in [9.17, 15) is 4.79 Å². The van der Waals surface area contributed by atoms with Gasteiger partial charge < -0.3 is 15.0 Å². The second kappa shape index (κ2) is 7.42. The first-order valence-electron chi connectivity index (χ1n) is 8.86. The average Bonchev–Trinajstić information content (AvgIpc) is 3.12. The van der Waals surface area contributed by atoms with Crippen molar-refractivity contribution in [2.24, 2.45) is 0 Å². The molecule has 3 rings (SSSR count). The molecule has 0 aliphatic carbocycles. The summed E-state index contributed by atoms with van der Waals surface area (Å²) in [6, 6.07) is 2.16. The van der Waals surface area contributed by atoms with Crippen LogP contribution in [0.5, 0.6) is 0 Å². The Morgan fingerprint density at radius 2 is 2.33 bits per heavy atom. The normalized spacial score (nSPS) is 27.5. The summed E-state index contributed by atoms with van der Waals surface area (Å²) in [6.07, 6.45) is 4.63. The third-order valence-electron chi connectivity index (χ3n) is 5.19. The van der Waals surface area contributed by atoms with Crippen LogP contribution in [0.4, 0.5) is 4.79 Å². The van der Waals surface area contributed by atoms with E-state index in [0.717, 1.165) is 38.9 Å². The molecule has 2 fully saturated rings. The number of hydrogen-bond donors (Lipinski definition) is 1. The second-order valence-electron chi connectivity index (χ2n) is 7.38. The Labute approximate surface area is 149 Å². The summed E-state index contributed by atoms with van der Waals surface area (Å²) in [6.45, 7) is 5.97. The maximum absolute atomic E-state index is 11.7. The van der Waals surface area contributed by atoms with Crippen molar-refractivity contribution in [3.05, 3.63) is 21.9 Å². The van der Waals surface area contributed by atoms with Crippen LogP contribution in [0.1, 0.15) is 36.1 Å².